The van der Waals surface area contributed by atoms with Crippen LogP contribution in [0.2, 0.25) is 0 Å². The van der Waals surface area contributed by atoms with Gasteiger partial charge in [-0.05, 0) is 25.0 Å². The van der Waals surface area contributed by atoms with Gasteiger partial charge in [-0.1, -0.05) is 60.7 Å². The zero-order valence-corrected chi connectivity index (χ0v) is 12.9. The number of nitrogens with one attached hydrogen (secondary N) is 1. The number of hydrogen-bond donors (Lipinski definition) is 1. The van der Waals surface area contributed by atoms with Crippen LogP contribution in [-0.2, 0) is 12.1 Å². The van der Waals surface area contributed by atoms with Gasteiger partial charge in [0.25, 0.3) is 0 Å². The van der Waals surface area contributed by atoms with E-state index >= 15 is 0 Å². The molecule has 0 bridgehead atoms. The van der Waals surface area contributed by atoms with E-state index in [1.807, 2.05) is 0 Å². The highest BCUT2D eigenvalue weighted by Crippen LogP contribution is 2.31. The Morgan fingerprint density at radius 2 is 1.67 bits per heavy atom. The summed E-state index contributed by atoms with van der Waals surface area (Å²) in [5.74, 6) is 0. The van der Waals surface area contributed by atoms with Crippen molar-refractivity contribution in [3.8, 4) is 0 Å². The van der Waals surface area contributed by atoms with Crippen molar-refractivity contribution < 1.29 is 0 Å². The minimum Gasteiger partial charge on any atom is -0.311 e. The van der Waals surface area contributed by atoms with Gasteiger partial charge in [-0.15, -0.1) is 0 Å². The third-order valence-corrected chi connectivity index (χ3v) is 4.60. The van der Waals surface area contributed by atoms with E-state index in [0.29, 0.717) is 6.04 Å². The quantitative estimate of drug-likeness (QED) is 0.927. The monoisotopic (exact) mass is 280 g/mol. The van der Waals surface area contributed by atoms with Crippen LogP contribution in [0.5, 0.6) is 0 Å². The summed E-state index contributed by atoms with van der Waals surface area (Å²) in [6, 6.07) is 22.2. The Hall–Kier alpha value is -1.64. The maximum Gasteiger partial charge on any atom is 0.0561 e. The Balaban J connectivity index is 1.90. The lowest BCUT2D eigenvalue weighted by molar-refractivity contribution is 0.0458. The molecule has 1 aliphatic heterocycles. The molecule has 0 amide bonds. The maximum absolute atomic E-state index is 3.65. The summed E-state index contributed by atoms with van der Waals surface area (Å²) in [6.07, 6.45) is 0. The lowest BCUT2D eigenvalue weighted by Gasteiger charge is -2.48. The first-order chi connectivity index (χ1) is 10.2. The van der Waals surface area contributed by atoms with E-state index in [1.165, 1.54) is 11.1 Å². The SMILES string of the molecule is CC1CN(Cc2ccccc2)C(C)(c2ccccc2)CN1. The molecule has 0 saturated carbocycles. The van der Waals surface area contributed by atoms with E-state index in [-0.39, 0.29) is 5.54 Å². The molecule has 1 N–H and O–H groups in total. The number of piperazine rings is 1. The summed E-state index contributed by atoms with van der Waals surface area (Å²) < 4.78 is 0. The predicted octanol–water partition coefficient (Wildman–Crippen LogP) is 3.40. The fourth-order valence-electron chi connectivity index (χ4n) is 3.21. The van der Waals surface area contributed by atoms with Crippen molar-refractivity contribution in [2.45, 2.75) is 32.0 Å². The highest BCUT2D eigenvalue weighted by Gasteiger charge is 2.37. The van der Waals surface area contributed by atoms with Gasteiger partial charge in [0, 0.05) is 25.7 Å². The topological polar surface area (TPSA) is 15.3 Å². The van der Waals surface area contributed by atoms with Crippen molar-refractivity contribution in [2.24, 2.45) is 0 Å². The van der Waals surface area contributed by atoms with Crippen LogP contribution in [0.15, 0.2) is 60.7 Å². The second-order valence-corrected chi connectivity index (χ2v) is 6.29. The van der Waals surface area contributed by atoms with Crippen molar-refractivity contribution in [3.05, 3.63) is 71.8 Å². The smallest absolute Gasteiger partial charge is 0.0561 e. The Morgan fingerprint density at radius 3 is 2.33 bits per heavy atom. The van der Waals surface area contributed by atoms with Gasteiger partial charge < -0.3 is 5.32 Å². The van der Waals surface area contributed by atoms with E-state index in [0.717, 1.165) is 19.6 Å². The zero-order valence-electron chi connectivity index (χ0n) is 12.9. The number of nitrogens with zero attached hydrogens (tertiary/aromatic N) is 1. The summed E-state index contributed by atoms with van der Waals surface area (Å²) in [4.78, 5) is 2.61. The van der Waals surface area contributed by atoms with Gasteiger partial charge in [0.05, 0.1) is 5.54 Å². The molecule has 0 radical (unpaired) electrons. The standard InChI is InChI=1S/C19H24N2/c1-16-13-21(14-17-9-5-3-6-10-17)19(2,15-20-16)18-11-7-4-8-12-18/h3-12,16,20H,13-15H2,1-2H3. The molecular formula is C19H24N2. The molecule has 2 atom stereocenters. The Kier molecular flexibility index (Phi) is 4.09. The van der Waals surface area contributed by atoms with Crippen molar-refractivity contribution >= 4 is 0 Å². The molecule has 2 aromatic carbocycles. The molecule has 2 nitrogen and oxygen atoms in total. The second kappa shape index (κ2) is 6.00. The predicted molar refractivity (Wildman–Crippen MR) is 88.1 cm³/mol. The van der Waals surface area contributed by atoms with Crippen LogP contribution in [0.3, 0.4) is 0 Å². The van der Waals surface area contributed by atoms with Gasteiger partial charge in [0.15, 0.2) is 0 Å². The van der Waals surface area contributed by atoms with E-state index in [1.54, 1.807) is 0 Å². The van der Waals surface area contributed by atoms with Gasteiger partial charge in [-0.3, -0.25) is 4.90 Å². The summed E-state index contributed by atoms with van der Waals surface area (Å²) in [7, 11) is 0. The summed E-state index contributed by atoms with van der Waals surface area (Å²) in [5, 5.41) is 3.65. The summed E-state index contributed by atoms with van der Waals surface area (Å²) >= 11 is 0. The zero-order chi connectivity index (χ0) is 14.7. The average Bonchev–Trinajstić information content (AvgIpc) is 2.53. The number of rotatable bonds is 3. The van der Waals surface area contributed by atoms with Gasteiger partial charge >= 0.3 is 0 Å². The Morgan fingerprint density at radius 1 is 1.05 bits per heavy atom. The first-order valence-corrected chi connectivity index (χ1v) is 7.76. The highest BCUT2D eigenvalue weighted by molar-refractivity contribution is 5.26. The molecule has 1 heterocycles. The molecule has 1 aliphatic rings. The van der Waals surface area contributed by atoms with Crippen LogP contribution >= 0.6 is 0 Å². The van der Waals surface area contributed by atoms with Crippen LogP contribution in [0.1, 0.15) is 25.0 Å². The molecule has 0 aliphatic carbocycles. The van der Waals surface area contributed by atoms with E-state index in [4.69, 9.17) is 0 Å². The molecule has 0 spiro atoms. The third kappa shape index (κ3) is 3.02. The average molecular weight is 280 g/mol. The second-order valence-electron chi connectivity index (χ2n) is 6.29. The summed E-state index contributed by atoms with van der Waals surface area (Å²) in [5.41, 5.74) is 2.82. The Labute approximate surface area is 127 Å². The van der Waals surface area contributed by atoms with Gasteiger partial charge in [-0.2, -0.15) is 0 Å². The first-order valence-electron chi connectivity index (χ1n) is 7.76. The molecule has 110 valence electrons. The fraction of sp³-hybridized carbons (Fsp3) is 0.368. The lowest BCUT2D eigenvalue weighted by Crippen LogP contribution is -2.60. The van der Waals surface area contributed by atoms with Gasteiger partial charge in [0.2, 0.25) is 0 Å². The number of benzene rings is 2. The molecule has 1 saturated heterocycles. The van der Waals surface area contributed by atoms with E-state index in [9.17, 15) is 0 Å². The van der Waals surface area contributed by atoms with Crippen LogP contribution in [0.25, 0.3) is 0 Å². The minimum absolute atomic E-state index is 0.0452. The van der Waals surface area contributed by atoms with Crippen LogP contribution in [0, 0.1) is 0 Å². The molecule has 2 unspecified atom stereocenters. The van der Waals surface area contributed by atoms with Gasteiger partial charge in [0.1, 0.15) is 0 Å². The van der Waals surface area contributed by atoms with Gasteiger partial charge in [-0.25, -0.2) is 0 Å². The van der Waals surface area contributed by atoms with E-state index in [2.05, 4.69) is 84.7 Å². The molecule has 21 heavy (non-hydrogen) atoms. The van der Waals surface area contributed by atoms with Crippen molar-refractivity contribution in [1.82, 2.24) is 10.2 Å². The molecule has 3 rings (SSSR count). The molecule has 2 heteroatoms. The maximum atomic E-state index is 3.65. The molecule has 0 aromatic heterocycles. The van der Waals surface area contributed by atoms with Crippen LogP contribution < -0.4 is 5.32 Å². The normalized spacial score (nSPS) is 26.7. The summed E-state index contributed by atoms with van der Waals surface area (Å²) in [6.45, 7) is 7.68. The Bertz CT molecular complexity index is 567. The first kappa shape index (κ1) is 14.3. The van der Waals surface area contributed by atoms with Crippen molar-refractivity contribution in [2.75, 3.05) is 13.1 Å². The number of hydrogen-bond acceptors (Lipinski definition) is 2. The molecular weight excluding hydrogens is 256 g/mol. The highest BCUT2D eigenvalue weighted by atomic mass is 15.3. The lowest BCUT2D eigenvalue weighted by atomic mass is 9.86. The third-order valence-electron chi connectivity index (χ3n) is 4.60. The van der Waals surface area contributed by atoms with Crippen molar-refractivity contribution in [3.63, 3.8) is 0 Å². The fourth-order valence-corrected chi connectivity index (χ4v) is 3.21. The van der Waals surface area contributed by atoms with Crippen LogP contribution in [-0.4, -0.2) is 24.0 Å². The van der Waals surface area contributed by atoms with Crippen LogP contribution in [0.4, 0.5) is 0 Å². The minimum atomic E-state index is 0.0452. The molecule has 1 fully saturated rings. The molecule has 2 aromatic rings. The van der Waals surface area contributed by atoms with Crippen molar-refractivity contribution in [1.29, 1.82) is 0 Å². The largest absolute Gasteiger partial charge is 0.311 e. The van der Waals surface area contributed by atoms with E-state index < -0.39 is 0 Å².